The van der Waals surface area contributed by atoms with Gasteiger partial charge in [0.25, 0.3) is 0 Å². The van der Waals surface area contributed by atoms with Crippen LogP contribution in [0.1, 0.15) is 22.8 Å². The van der Waals surface area contributed by atoms with E-state index < -0.39 is 5.97 Å². The maximum atomic E-state index is 11.2. The van der Waals surface area contributed by atoms with Crippen molar-refractivity contribution in [1.82, 2.24) is 0 Å². The number of hydrogen-bond donors (Lipinski definition) is 1. The van der Waals surface area contributed by atoms with Gasteiger partial charge in [0.15, 0.2) is 5.78 Å². The lowest BCUT2D eigenvalue weighted by Gasteiger charge is -2.05. The Labute approximate surface area is 99.5 Å². The number of aromatic hydroxyl groups is 1. The molecule has 0 saturated carbocycles. The number of esters is 1. The molecule has 17 heavy (non-hydrogen) atoms. The largest absolute Gasteiger partial charge is 0.507 e. The normalized spacial score (nSPS) is 9.71. The molecule has 90 valence electrons. The number of benzene rings is 1. The predicted molar refractivity (Wildman–Crippen MR) is 63.0 cm³/mol. The van der Waals surface area contributed by atoms with E-state index in [9.17, 15) is 14.7 Å². The zero-order valence-electron chi connectivity index (χ0n) is 9.60. The average Bonchev–Trinajstić information content (AvgIpc) is 2.30. The van der Waals surface area contributed by atoms with Crippen LogP contribution in [0.25, 0.3) is 0 Å². The number of phenols is 1. The summed E-state index contributed by atoms with van der Waals surface area (Å²) in [6.45, 7) is 4.88. The van der Waals surface area contributed by atoms with Crippen LogP contribution in [-0.4, -0.2) is 23.5 Å². The third-order valence-electron chi connectivity index (χ3n) is 2.24. The number of ether oxygens (including phenoxy) is 1. The summed E-state index contributed by atoms with van der Waals surface area (Å²) in [5.41, 5.74) is 1.10. The zero-order valence-corrected chi connectivity index (χ0v) is 9.60. The van der Waals surface area contributed by atoms with E-state index in [1.165, 1.54) is 13.0 Å². The van der Waals surface area contributed by atoms with Gasteiger partial charge < -0.3 is 9.84 Å². The summed E-state index contributed by atoms with van der Waals surface area (Å²) in [7, 11) is 0. The lowest BCUT2D eigenvalue weighted by Crippen LogP contribution is -2.05. The van der Waals surface area contributed by atoms with Crippen molar-refractivity contribution in [2.24, 2.45) is 0 Å². The molecule has 1 N–H and O–H groups in total. The summed E-state index contributed by atoms with van der Waals surface area (Å²) in [6, 6.07) is 4.74. The number of rotatable bonds is 5. The molecular weight excluding hydrogens is 220 g/mol. The van der Waals surface area contributed by atoms with E-state index in [1.807, 2.05) is 0 Å². The van der Waals surface area contributed by atoms with Gasteiger partial charge in [-0.25, -0.2) is 4.79 Å². The highest BCUT2D eigenvalue weighted by molar-refractivity contribution is 5.96. The van der Waals surface area contributed by atoms with Gasteiger partial charge in [0.1, 0.15) is 5.75 Å². The predicted octanol–water partition coefficient (Wildman–Crippen LogP) is 1.87. The Hall–Kier alpha value is -2.10. The van der Waals surface area contributed by atoms with Crippen LogP contribution in [0.4, 0.5) is 0 Å². The second-order valence-corrected chi connectivity index (χ2v) is 3.53. The molecule has 0 unspecified atom stereocenters. The van der Waals surface area contributed by atoms with Gasteiger partial charge >= 0.3 is 5.97 Å². The molecule has 0 radical (unpaired) electrons. The highest BCUT2D eigenvalue weighted by Gasteiger charge is 2.07. The molecule has 0 amide bonds. The SMILES string of the molecule is C=CC(=O)OCCc1ccc(O)c(C(C)=O)c1. The molecule has 0 aliphatic rings. The Morgan fingerprint density at radius 2 is 2.18 bits per heavy atom. The van der Waals surface area contributed by atoms with Crippen LogP contribution in [0, 0.1) is 0 Å². The molecule has 0 fully saturated rings. The quantitative estimate of drug-likeness (QED) is 0.480. The lowest BCUT2D eigenvalue weighted by molar-refractivity contribution is -0.137. The van der Waals surface area contributed by atoms with E-state index in [4.69, 9.17) is 4.74 Å². The number of ketones is 1. The van der Waals surface area contributed by atoms with E-state index in [1.54, 1.807) is 12.1 Å². The van der Waals surface area contributed by atoms with Crippen LogP contribution in [0.5, 0.6) is 5.75 Å². The summed E-state index contributed by atoms with van der Waals surface area (Å²) < 4.78 is 4.82. The number of phenolic OH excluding ortho intramolecular Hbond substituents is 1. The molecule has 0 saturated heterocycles. The van der Waals surface area contributed by atoms with Gasteiger partial charge in [-0.2, -0.15) is 0 Å². The molecule has 0 heterocycles. The van der Waals surface area contributed by atoms with Gasteiger partial charge in [0.2, 0.25) is 0 Å². The Morgan fingerprint density at radius 1 is 1.47 bits per heavy atom. The van der Waals surface area contributed by atoms with Gasteiger partial charge in [-0.05, 0) is 24.6 Å². The minimum atomic E-state index is -0.476. The van der Waals surface area contributed by atoms with Gasteiger partial charge in [0, 0.05) is 12.5 Å². The lowest BCUT2D eigenvalue weighted by atomic mass is 10.1. The minimum Gasteiger partial charge on any atom is -0.507 e. The minimum absolute atomic E-state index is 0.0377. The van der Waals surface area contributed by atoms with Crippen LogP contribution in [0.15, 0.2) is 30.9 Å². The van der Waals surface area contributed by atoms with E-state index in [2.05, 4.69) is 6.58 Å². The standard InChI is InChI=1S/C13H14O4/c1-3-13(16)17-7-6-10-4-5-12(15)11(8-10)9(2)14/h3-5,8,15H,1,6-7H2,2H3. The summed E-state index contributed by atoms with van der Waals surface area (Å²) in [5, 5.41) is 9.44. The van der Waals surface area contributed by atoms with Crippen molar-refractivity contribution in [3.05, 3.63) is 42.0 Å². The van der Waals surface area contributed by atoms with Crippen LogP contribution in [-0.2, 0) is 16.0 Å². The second kappa shape index (κ2) is 5.84. The van der Waals surface area contributed by atoms with Crippen molar-refractivity contribution in [3.8, 4) is 5.75 Å². The van der Waals surface area contributed by atoms with E-state index in [0.717, 1.165) is 11.6 Å². The maximum absolute atomic E-state index is 11.2. The van der Waals surface area contributed by atoms with Crippen LogP contribution in [0.2, 0.25) is 0 Å². The summed E-state index contributed by atoms with van der Waals surface area (Å²) >= 11 is 0. The van der Waals surface area contributed by atoms with Crippen LogP contribution >= 0.6 is 0 Å². The number of carbonyl (C=O) groups is 2. The molecule has 0 atom stereocenters. The fraction of sp³-hybridized carbons (Fsp3) is 0.231. The molecule has 0 aromatic heterocycles. The number of hydrogen-bond acceptors (Lipinski definition) is 4. The van der Waals surface area contributed by atoms with Crippen molar-refractivity contribution in [1.29, 1.82) is 0 Å². The zero-order chi connectivity index (χ0) is 12.8. The molecule has 1 aromatic rings. The Bertz CT molecular complexity index is 449. The third kappa shape index (κ3) is 3.75. The first kappa shape index (κ1) is 13.0. The first-order chi connectivity index (χ1) is 8.04. The monoisotopic (exact) mass is 234 g/mol. The van der Waals surface area contributed by atoms with Gasteiger partial charge in [0.05, 0.1) is 12.2 Å². The molecule has 4 nitrogen and oxygen atoms in total. The average molecular weight is 234 g/mol. The van der Waals surface area contributed by atoms with Crippen molar-refractivity contribution in [3.63, 3.8) is 0 Å². The molecule has 0 aliphatic carbocycles. The Kier molecular flexibility index (Phi) is 4.46. The summed E-state index contributed by atoms with van der Waals surface area (Å²) in [5.74, 6) is -0.715. The summed E-state index contributed by atoms with van der Waals surface area (Å²) in [6.07, 6.45) is 1.58. The Balaban J connectivity index is 2.66. The van der Waals surface area contributed by atoms with Crippen molar-refractivity contribution >= 4 is 11.8 Å². The van der Waals surface area contributed by atoms with Crippen LogP contribution in [0.3, 0.4) is 0 Å². The van der Waals surface area contributed by atoms with Crippen molar-refractivity contribution in [2.45, 2.75) is 13.3 Å². The Morgan fingerprint density at radius 3 is 2.76 bits per heavy atom. The molecule has 4 heteroatoms. The highest BCUT2D eigenvalue weighted by Crippen LogP contribution is 2.19. The van der Waals surface area contributed by atoms with Crippen molar-refractivity contribution in [2.75, 3.05) is 6.61 Å². The first-order valence-corrected chi connectivity index (χ1v) is 5.16. The van der Waals surface area contributed by atoms with E-state index in [-0.39, 0.29) is 23.7 Å². The molecular formula is C13H14O4. The van der Waals surface area contributed by atoms with E-state index >= 15 is 0 Å². The molecule has 1 aromatic carbocycles. The molecule has 1 rings (SSSR count). The fourth-order valence-electron chi connectivity index (χ4n) is 1.35. The van der Waals surface area contributed by atoms with Gasteiger partial charge in [-0.15, -0.1) is 0 Å². The molecule has 0 aliphatic heterocycles. The topological polar surface area (TPSA) is 63.6 Å². The number of carbonyl (C=O) groups excluding carboxylic acids is 2. The first-order valence-electron chi connectivity index (χ1n) is 5.16. The van der Waals surface area contributed by atoms with Gasteiger partial charge in [-0.1, -0.05) is 12.6 Å². The van der Waals surface area contributed by atoms with E-state index in [0.29, 0.717) is 6.42 Å². The smallest absolute Gasteiger partial charge is 0.330 e. The molecule has 0 bridgehead atoms. The van der Waals surface area contributed by atoms with Gasteiger partial charge in [-0.3, -0.25) is 4.79 Å². The fourth-order valence-corrected chi connectivity index (χ4v) is 1.35. The summed E-state index contributed by atoms with van der Waals surface area (Å²) in [4.78, 5) is 22.0. The third-order valence-corrected chi connectivity index (χ3v) is 2.24. The maximum Gasteiger partial charge on any atom is 0.330 e. The number of Topliss-reactive ketones (excluding diaryl/α,β-unsaturated/α-hetero) is 1. The second-order valence-electron chi connectivity index (χ2n) is 3.53. The van der Waals surface area contributed by atoms with Crippen LogP contribution < -0.4 is 0 Å². The van der Waals surface area contributed by atoms with Crippen molar-refractivity contribution < 1.29 is 19.4 Å². The highest BCUT2D eigenvalue weighted by atomic mass is 16.5. The molecule has 0 spiro atoms.